The quantitative estimate of drug-likeness (QED) is 0.638. The van der Waals surface area contributed by atoms with Crippen LogP contribution < -0.4 is 0 Å². The van der Waals surface area contributed by atoms with Gasteiger partial charge in [0.05, 0.1) is 13.2 Å². The first-order chi connectivity index (χ1) is 5.97. The molecule has 4 heteroatoms. The lowest BCUT2D eigenvalue weighted by Crippen LogP contribution is -2.39. The number of morpholine rings is 1. The Balaban J connectivity index is 1.80. The summed E-state index contributed by atoms with van der Waals surface area (Å²) in [4.78, 5) is 2.49. The summed E-state index contributed by atoms with van der Waals surface area (Å²) in [6, 6.07) is 0. The maximum Gasteiger partial charge on any atom is 0.105 e. The fraction of sp³-hybridized carbons (Fsp3) is 0.875. The number of thioether (sulfide) groups is 2. The summed E-state index contributed by atoms with van der Waals surface area (Å²) in [6.07, 6.45) is 0. The lowest BCUT2D eigenvalue weighted by atomic mass is 10.4. The Morgan fingerprint density at radius 1 is 1.17 bits per heavy atom. The van der Waals surface area contributed by atoms with E-state index < -0.39 is 0 Å². The maximum absolute atomic E-state index is 5.32. The highest BCUT2D eigenvalue weighted by atomic mass is 32.2. The zero-order chi connectivity index (χ0) is 8.23. The van der Waals surface area contributed by atoms with Crippen molar-refractivity contribution in [3.8, 4) is 0 Å². The lowest BCUT2D eigenvalue weighted by Gasteiger charge is -2.34. The molecule has 0 spiro atoms. The predicted octanol–water partition coefficient (Wildman–Crippen LogP) is 1.29. The molecule has 0 aromatic rings. The molecule has 2 heterocycles. The van der Waals surface area contributed by atoms with E-state index >= 15 is 0 Å². The first kappa shape index (κ1) is 9.19. The van der Waals surface area contributed by atoms with Gasteiger partial charge in [-0.15, -0.1) is 11.8 Å². The molecule has 2 saturated heterocycles. The van der Waals surface area contributed by atoms with E-state index in [0.29, 0.717) is 0 Å². The van der Waals surface area contributed by atoms with Crippen molar-refractivity contribution in [2.45, 2.75) is 0 Å². The third-order valence-corrected chi connectivity index (χ3v) is 4.64. The van der Waals surface area contributed by atoms with Gasteiger partial charge in [-0.3, -0.25) is 4.90 Å². The molecule has 0 amide bonds. The summed E-state index contributed by atoms with van der Waals surface area (Å²) < 4.78 is 5.32. The summed E-state index contributed by atoms with van der Waals surface area (Å²) in [7, 11) is 0. The van der Waals surface area contributed by atoms with Gasteiger partial charge in [-0.05, 0) is 0 Å². The van der Waals surface area contributed by atoms with E-state index in [4.69, 9.17) is 4.74 Å². The second kappa shape index (κ2) is 4.74. The SMILES string of the molecule is C1CN([C]2CSCCS2)CCO1. The third-order valence-electron chi connectivity index (χ3n) is 2.09. The molecular formula is C8H14NOS2. The second-order valence-electron chi connectivity index (χ2n) is 2.89. The minimum absolute atomic E-state index is 0.911. The molecule has 2 aliphatic rings. The van der Waals surface area contributed by atoms with Gasteiger partial charge < -0.3 is 4.74 Å². The van der Waals surface area contributed by atoms with Crippen molar-refractivity contribution in [3.63, 3.8) is 0 Å². The van der Waals surface area contributed by atoms with Gasteiger partial charge in [0.1, 0.15) is 5.37 Å². The van der Waals surface area contributed by atoms with Crippen LogP contribution in [0.25, 0.3) is 0 Å². The Bertz CT molecular complexity index is 117. The Kier molecular flexibility index (Phi) is 3.63. The summed E-state index contributed by atoms with van der Waals surface area (Å²) in [6.45, 7) is 4.02. The zero-order valence-electron chi connectivity index (χ0n) is 7.12. The van der Waals surface area contributed by atoms with Gasteiger partial charge in [-0.25, -0.2) is 0 Å². The van der Waals surface area contributed by atoms with Gasteiger partial charge in [0.2, 0.25) is 0 Å². The molecule has 0 aliphatic carbocycles. The molecule has 0 N–H and O–H groups in total. The van der Waals surface area contributed by atoms with E-state index in [-0.39, 0.29) is 0 Å². The summed E-state index contributed by atoms with van der Waals surface area (Å²) in [5.74, 6) is 3.83. The zero-order valence-corrected chi connectivity index (χ0v) is 8.75. The van der Waals surface area contributed by atoms with Gasteiger partial charge >= 0.3 is 0 Å². The number of nitrogens with zero attached hydrogens (tertiary/aromatic N) is 1. The second-order valence-corrected chi connectivity index (χ2v) is 5.17. The molecule has 69 valence electrons. The van der Waals surface area contributed by atoms with Crippen LogP contribution >= 0.6 is 23.5 Å². The monoisotopic (exact) mass is 204 g/mol. The van der Waals surface area contributed by atoms with Crippen LogP contribution in [-0.4, -0.2) is 48.5 Å². The molecule has 0 bridgehead atoms. The van der Waals surface area contributed by atoms with E-state index in [9.17, 15) is 0 Å². The van der Waals surface area contributed by atoms with Gasteiger partial charge in [0, 0.05) is 30.3 Å². The van der Waals surface area contributed by atoms with Crippen LogP contribution in [0.5, 0.6) is 0 Å². The van der Waals surface area contributed by atoms with Crippen LogP contribution in [0.1, 0.15) is 0 Å². The highest BCUT2D eigenvalue weighted by Crippen LogP contribution is 2.33. The van der Waals surface area contributed by atoms with Gasteiger partial charge in [0.25, 0.3) is 0 Å². The molecule has 2 rings (SSSR count). The molecule has 0 aromatic heterocycles. The standard InChI is InChI=1S/C8H14NOS2/c1-3-10-4-2-9(1)8-7-11-5-6-12-8/h1-7H2. The average molecular weight is 204 g/mol. The van der Waals surface area contributed by atoms with Gasteiger partial charge in [-0.1, -0.05) is 0 Å². The van der Waals surface area contributed by atoms with Gasteiger partial charge in [0.15, 0.2) is 0 Å². The van der Waals surface area contributed by atoms with Crippen molar-refractivity contribution in [1.29, 1.82) is 0 Å². The fourth-order valence-corrected chi connectivity index (χ4v) is 3.91. The minimum Gasteiger partial charge on any atom is -0.379 e. The average Bonchev–Trinajstić information content (AvgIpc) is 2.21. The lowest BCUT2D eigenvalue weighted by molar-refractivity contribution is 0.0494. The third kappa shape index (κ3) is 2.31. The van der Waals surface area contributed by atoms with Crippen molar-refractivity contribution in [1.82, 2.24) is 4.90 Å². The van der Waals surface area contributed by atoms with Crippen LogP contribution in [0.15, 0.2) is 0 Å². The van der Waals surface area contributed by atoms with E-state index in [1.54, 1.807) is 5.37 Å². The number of ether oxygens (including phenoxy) is 1. The molecule has 0 saturated carbocycles. The molecule has 2 fully saturated rings. The highest BCUT2D eigenvalue weighted by molar-refractivity contribution is 8.08. The van der Waals surface area contributed by atoms with Crippen LogP contribution in [0, 0.1) is 5.37 Å². The smallest absolute Gasteiger partial charge is 0.105 e. The van der Waals surface area contributed by atoms with Crippen LogP contribution in [0.3, 0.4) is 0 Å². The Morgan fingerprint density at radius 3 is 2.67 bits per heavy atom. The van der Waals surface area contributed by atoms with Crippen LogP contribution in [-0.2, 0) is 4.74 Å². The van der Waals surface area contributed by atoms with E-state index in [0.717, 1.165) is 26.3 Å². The summed E-state index contributed by atoms with van der Waals surface area (Å²) in [5.41, 5.74) is 0. The van der Waals surface area contributed by atoms with Gasteiger partial charge in [-0.2, -0.15) is 11.8 Å². The van der Waals surface area contributed by atoms with Crippen molar-refractivity contribution in [3.05, 3.63) is 5.37 Å². The maximum atomic E-state index is 5.32. The highest BCUT2D eigenvalue weighted by Gasteiger charge is 2.24. The largest absolute Gasteiger partial charge is 0.379 e. The molecule has 0 atom stereocenters. The molecule has 0 unspecified atom stereocenters. The molecule has 2 nitrogen and oxygen atoms in total. The molecule has 1 radical (unpaired) electrons. The summed E-state index contributed by atoms with van der Waals surface area (Å²) >= 11 is 4.09. The number of hydrogen-bond donors (Lipinski definition) is 0. The molecular weight excluding hydrogens is 190 g/mol. The molecule has 0 aromatic carbocycles. The topological polar surface area (TPSA) is 12.5 Å². The Hall–Kier alpha value is 0.620. The normalized spacial score (nSPS) is 29.0. The van der Waals surface area contributed by atoms with E-state index in [1.807, 2.05) is 11.8 Å². The van der Waals surface area contributed by atoms with Crippen LogP contribution in [0.2, 0.25) is 0 Å². The Labute approximate surface area is 82.4 Å². The minimum atomic E-state index is 0.911. The number of hydrogen-bond acceptors (Lipinski definition) is 4. The Morgan fingerprint density at radius 2 is 2.00 bits per heavy atom. The van der Waals surface area contributed by atoms with E-state index in [2.05, 4.69) is 16.7 Å². The number of rotatable bonds is 1. The van der Waals surface area contributed by atoms with Crippen molar-refractivity contribution >= 4 is 23.5 Å². The molecule has 2 aliphatic heterocycles. The van der Waals surface area contributed by atoms with E-state index in [1.165, 1.54) is 17.3 Å². The van der Waals surface area contributed by atoms with Crippen LogP contribution in [0.4, 0.5) is 0 Å². The molecule has 12 heavy (non-hydrogen) atoms. The first-order valence-electron chi connectivity index (χ1n) is 4.36. The summed E-state index contributed by atoms with van der Waals surface area (Å²) in [5, 5.41) is 1.58. The first-order valence-corrected chi connectivity index (χ1v) is 6.50. The predicted molar refractivity (Wildman–Crippen MR) is 55.4 cm³/mol. The van der Waals surface area contributed by atoms with Crippen molar-refractivity contribution in [2.75, 3.05) is 43.6 Å². The van der Waals surface area contributed by atoms with Crippen molar-refractivity contribution in [2.24, 2.45) is 0 Å². The van der Waals surface area contributed by atoms with Crippen molar-refractivity contribution < 1.29 is 4.74 Å². The fourth-order valence-electron chi connectivity index (χ4n) is 1.41.